The van der Waals surface area contributed by atoms with E-state index in [0.29, 0.717) is 43.0 Å². The van der Waals surface area contributed by atoms with Gasteiger partial charge in [-0.15, -0.1) is 5.10 Å². The van der Waals surface area contributed by atoms with Gasteiger partial charge in [0.15, 0.2) is 5.78 Å². The van der Waals surface area contributed by atoms with Gasteiger partial charge in [0.2, 0.25) is 0 Å². The van der Waals surface area contributed by atoms with E-state index < -0.39 is 6.04 Å². The number of hydrogen-bond acceptors (Lipinski definition) is 6. The molecule has 48 heavy (non-hydrogen) atoms. The summed E-state index contributed by atoms with van der Waals surface area (Å²) in [5.74, 6) is -0.168. The third-order valence-electron chi connectivity index (χ3n) is 9.68. The number of halogens is 1. The van der Waals surface area contributed by atoms with E-state index in [-0.39, 0.29) is 29.7 Å². The zero-order valence-corrected chi connectivity index (χ0v) is 28.9. The van der Waals surface area contributed by atoms with Crippen LogP contribution < -0.4 is 4.90 Å². The molecule has 0 spiro atoms. The second-order valence-corrected chi connectivity index (χ2v) is 13.9. The van der Waals surface area contributed by atoms with Crippen LogP contribution in [0.4, 0.5) is 5.69 Å². The number of aryl methyl sites for hydroxylation is 1. The number of piperidine rings is 1. The zero-order valence-electron chi connectivity index (χ0n) is 27.3. The van der Waals surface area contributed by atoms with Crippen LogP contribution in [0.5, 0.6) is 0 Å². The molecule has 3 atom stereocenters. The molecule has 5 aromatic rings. The Labute approximate surface area is 288 Å². The molecule has 2 saturated heterocycles. The summed E-state index contributed by atoms with van der Waals surface area (Å²) in [7, 11) is 1.81. The van der Waals surface area contributed by atoms with Crippen LogP contribution in [0.1, 0.15) is 64.8 Å². The van der Waals surface area contributed by atoms with Gasteiger partial charge in [-0.05, 0) is 67.8 Å². The lowest BCUT2D eigenvalue weighted by Gasteiger charge is -2.44. The first-order valence-corrected chi connectivity index (χ1v) is 17.2. The van der Waals surface area contributed by atoms with E-state index in [1.165, 1.54) is 0 Å². The highest BCUT2D eigenvalue weighted by atomic mass is 79.9. The molecular formula is C37H38BrN7O3. The highest BCUT2D eigenvalue weighted by Gasteiger charge is 2.35. The number of aromatic nitrogens is 4. The van der Waals surface area contributed by atoms with Crippen LogP contribution in [0, 0.1) is 0 Å². The number of hydrogen-bond donors (Lipinski definition) is 0. The maximum absolute atomic E-state index is 13.8. The number of carbonyl (C=O) groups excluding carboxylic acids is 3. The van der Waals surface area contributed by atoms with E-state index in [2.05, 4.69) is 45.0 Å². The fraction of sp³-hybridized carbons (Fsp3) is 0.324. The molecule has 0 saturated carbocycles. The molecule has 246 valence electrons. The van der Waals surface area contributed by atoms with Crippen molar-refractivity contribution < 1.29 is 14.4 Å². The Bertz CT molecular complexity index is 1980. The van der Waals surface area contributed by atoms with Gasteiger partial charge in [-0.3, -0.25) is 19.3 Å². The number of carbonyl (C=O) groups is 3. The lowest BCUT2D eigenvalue weighted by atomic mass is 9.98. The third-order valence-corrected chi connectivity index (χ3v) is 10.2. The van der Waals surface area contributed by atoms with Crippen molar-refractivity contribution in [2.24, 2.45) is 7.05 Å². The fourth-order valence-electron chi connectivity index (χ4n) is 7.18. The van der Waals surface area contributed by atoms with Crippen LogP contribution in [0.15, 0.2) is 89.7 Å². The molecule has 2 fully saturated rings. The molecule has 3 aromatic carbocycles. The number of anilines is 1. The van der Waals surface area contributed by atoms with E-state index in [1.807, 2.05) is 89.8 Å². The molecule has 0 aliphatic carbocycles. The molecule has 4 heterocycles. The van der Waals surface area contributed by atoms with Gasteiger partial charge < -0.3 is 14.4 Å². The maximum atomic E-state index is 13.8. The van der Waals surface area contributed by atoms with Gasteiger partial charge in [-0.2, -0.15) is 0 Å². The normalized spacial score (nSPS) is 20.4. The van der Waals surface area contributed by atoms with Gasteiger partial charge in [0.1, 0.15) is 11.7 Å². The third kappa shape index (κ3) is 6.08. The number of rotatable bonds is 7. The number of nitrogens with zero attached hydrogens (tertiary/aromatic N) is 7. The molecule has 7 rings (SSSR count). The molecule has 2 aliphatic rings. The Hall–Kier alpha value is -4.61. The Morgan fingerprint density at radius 1 is 0.938 bits per heavy atom. The van der Waals surface area contributed by atoms with Crippen LogP contribution in [-0.2, 0) is 18.4 Å². The highest BCUT2D eigenvalue weighted by Crippen LogP contribution is 2.29. The summed E-state index contributed by atoms with van der Waals surface area (Å²) < 4.78 is 4.44. The number of piperazine rings is 1. The second kappa shape index (κ2) is 13.1. The first kappa shape index (κ1) is 32.0. The summed E-state index contributed by atoms with van der Waals surface area (Å²) in [6, 6.07) is 22.8. The lowest BCUT2D eigenvalue weighted by molar-refractivity contribution is -0.123. The minimum absolute atomic E-state index is 0.0246. The molecule has 0 N–H and O–H groups in total. The number of benzene rings is 3. The molecule has 2 amide bonds. The first-order valence-electron chi connectivity index (χ1n) is 16.4. The minimum atomic E-state index is -0.393. The minimum Gasteiger partial charge on any atom is -0.346 e. The van der Waals surface area contributed by atoms with Gasteiger partial charge >= 0.3 is 0 Å². The molecule has 10 nitrogen and oxygen atoms in total. The lowest BCUT2D eigenvalue weighted by Crippen LogP contribution is -2.57. The number of amides is 2. The van der Waals surface area contributed by atoms with Crippen LogP contribution in [0.3, 0.4) is 0 Å². The van der Waals surface area contributed by atoms with Crippen LogP contribution in [0.25, 0.3) is 10.8 Å². The molecule has 2 aliphatic heterocycles. The Balaban J connectivity index is 1.01. The van der Waals surface area contributed by atoms with Crippen molar-refractivity contribution in [3.8, 4) is 0 Å². The van der Waals surface area contributed by atoms with Crippen molar-refractivity contribution in [1.29, 1.82) is 0 Å². The maximum Gasteiger partial charge on any atom is 0.270 e. The quantitative estimate of drug-likeness (QED) is 0.197. The van der Waals surface area contributed by atoms with Crippen molar-refractivity contribution in [1.82, 2.24) is 29.4 Å². The summed E-state index contributed by atoms with van der Waals surface area (Å²) in [4.78, 5) is 46.9. The molecule has 0 radical (unpaired) electrons. The van der Waals surface area contributed by atoms with Crippen molar-refractivity contribution in [2.75, 3.05) is 24.5 Å². The summed E-state index contributed by atoms with van der Waals surface area (Å²) in [5, 5.41) is 10.7. The summed E-state index contributed by atoms with van der Waals surface area (Å²) in [5.41, 5.74) is 3.28. The van der Waals surface area contributed by atoms with E-state index in [1.54, 1.807) is 21.5 Å². The Kier molecular flexibility index (Phi) is 8.74. The zero-order chi connectivity index (χ0) is 33.5. The molecule has 11 heteroatoms. The van der Waals surface area contributed by atoms with Crippen molar-refractivity contribution >= 4 is 50.0 Å². The Morgan fingerprint density at radius 2 is 1.67 bits per heavy atom. The summed E-state index contributed by atoms with van der Waals surface area (Å²) in [6.45, 7) is 6.55. The van der Waals surface area contributed by atoms with Crippen LogP contribution >= 0.6 is 15.9 Å². The largest absolute Gasteiger partial charge is 0.346 e. The number of ketones is 1. The van der Waals surface area contributed by atoms with Gasteiger partial charge in [-0.1, -0.05) is 63.6 Å². The number of fused-ring (bicyclic) bond motifs is 1. The van der Waals surface area contributed by atoms with Crippen molar-refractivity contribution in [3.05, 3.63) is 112 Å². The SMILES string of the molecule is C[C@@H]1CN(C(=O)c2cc(C(=O)c3cccc4ccccc34)cn2C)C[C@H](C)N1Cc1cn(C2CCCN(c3ccc(Br)cc3)C2=O)nn1. The topological polar surface area (TPSA) is 96.6 Å². The predicted molar refractivity (Wildman–Crippen MR) is 188 cm³/mol. The molecule has 2 aromatic heterocycles. The second-order valence-electron chi connectivity index (χ2n) is 13.0. The van der Waals surface area contributed by atoms with Crippen molar-refractivity contribution in [2.45, 2.75) is 51.4 Å². The monoisotopic (exact) mass is 707 g/mol. The molecule has 1 unspecified atom stereocenters. The van der Waals surface area contributed by atoms with Gasteiger partial charge in [0.05, 0.1) is 11.9 Å². The smallest absolute Gasteiger partial charge is 0.270 e. The standard InChI is InChI=1S/C37H38BrN7O3/c1-24-19-42(36(47)34-18-27(21-41(34)3)35(46)32-11-6-9-26-8-4-5-10-31(26)32)20-25(2)44(24)22-29-23-45(40-39-29)33-12-7-17-43(37(33)48)30-15-13-28(38)14-16-30/h4-6,8-11,13-16,18,21,23-25,33H,7,12,17,19-20,22H2,1-3H3/t24-,25+,33?. The molecular weight excluding hydrogens is 670 g/mol. The van der Waals surface area contributed by atoms with E-state index in [9.17, 15) is 14.4 Å². The van der Waals surface area contributed by atoms with Gasteiger partial charge in [-0.25, -0.2) is 4.68 Å². The summed E-state index contributed by atoms with van der Waals surface area (Å²) in [6.07, 6.45) is 5.24. The van der Waals surface area contributed by atoms with Gasteiger partial charge in [0, 0.05) is 72.8 Å². The average Bonchev–Trinajstić information content (AvgIpc) is 3.72. The molecule has 0 bridgehead atoms. The van der Waals surface area contributed by atoms with Crippen molar-refractivity contribution in [3.63, 3.8) is 0 Å². The fourth-order valence-corrected chi connectivity index (χ4v) is 7.44. The van der Waals surface area contributed by atoms with E-state index >= 15 is 0 Å². The summed E-state index contributed by atoms with van der Waals surface area (Å²) >= 11 is 3.47. The highest BCUT2D eigenvalue weighted by molar-refractivity contribution is 9.10. The van der Waals surface area contributed by atoms with E-state index in [0.717, 1.165) is 39.5 Å². The predicted octanol–water partition coefficient (Wildman–Crippen LogP) is 5.87. The van der Waals surface area contributed by atoms with Gasteiger partial charge in [0.25, 0.3) is 11.8 Å². The average molecular weight is 709 g/mol. The Morgan fingerprint density at radius 3 is 2.44 bits per heavy atom. The van der Waals surface area contributed by atoms with E-state index in [4.69, 9.17) is 0 Å². The van der Waals surface area contributed by atoms with Crippen LogP contribution in [-0.4, -0.2) is 78.7 Å². The first-order chi connectivity index (χ1) is 23.2. The van der Waals surface area contributed by atoms with Crippen LogP contribution in [0.2, 0.25) is 0 Å².